The lowest BCUT2D eigenvalue weighted by Crippen LogP contribution is -2.46. The summed E-state index contributed by atoms with van der Waals surface area (Å²) in [5.74, 6) is -0.316. The van der Waals surface area contributed by atoms with Crippen LogP contribution in [0.4, 0.5) is 18.9 Å². The van der Waals surface area contributed by atoms with Crippen LogP contribution in [-0.4, -0.2) is 48.2 Å². The van der Waals surface area contributed by atoms with Crippen LogP contribution in [0.2, 0.25) is 0 Å². The molecule has 2 aliphatic heterocycles. The molecule has 0 aliphatic carbocycles. The molecule has 5 rings (SSSR count). The molecule has 0 N–H and O–H groups in total. The number of hydrogen-bond donors (Lipinski definition) is 0. The van der Waals surface area contributed by atoms with E-state index in [4.69, 9.17) is 0 Å². The van der Waals surface area contributed by atoms with Crippen molar-refractivity contribution in [3.05, 3.63) is 94.5 Å². The molecule has 0 radical (unpaired) electrons. The summed E-state index contributed by atoms with van der Waals surface area (Å²) in [6.45, 7) is 7.53. The molecular weight excluding hydrogens is 467 g/mol. The molecule has 8 heteroatoms. The van der Waals surface area contributed by atoms with Crippen molar-refractivity contribution >= 4 is 11.6 Å². The zero-order valence-electron chi connectivity index (χ0n) is 20.1. The van der Waals surface area contributed by atoms with Crippen molar-refractivity contribution in [3.8, 4) is 5.75 Å². The Morgan fingerprint density at radius 1 is 0.861 bits per heavy atom. The van der Waals surface area contributed by atoms with Crippen LogP contribution in [0.5, 0.6) is 5.75 Å². The lowest BCUT2D eigenvalue weighted by Gasteiger charge is -2.36. The van der Waals surface area contributed by atoms with Gasteiger partial charge in [0.2, 0.25) is 0 Å². The highest BCUT2D eigenvalue weighted by Crippen LogP contribution is 2.32. The zero-order valence-corrected chi connectivity index (χ0v) is 20.1. The molecule has 1 saturated heterocycles. The first-order valence-corrected chi connectivity index (χ1v) is 12.0. The Morgan fingerprint density at radius 2 is 1.53 bits per heavy atom. The Bertz CT molecular complexity index is 1220. The first kappa shape index (κ1) is 24.2. The highest BCUT2D eigenvalue weighted by Gasteiger charge is 2.32. The van der Waals surface area contributed by atoms with E-state index in [2.05, 4.69) is 50.9 Å². The van der Waals surface area contributed by atoms with Crippen molar-refractivity contribution in [1.29, 1.82) is 0 Å². The third-order valence-corrected chi connectivity index (χ3v) is 6.78. The van der Waals surface area contributed by atoms with Gasteiger partial charge in [0.25, 0.3) is 5.91 Å². The van der Waals surface area contributed by atoms with E-state index in [-0.39, 0.29) is 11.7 Å². The second-order valence-electron chi connectivity index (χ2n) is 9.40. The molecule has 36 heavy (non-hydrogen) atoms. The number of fused-ring (bicyclic) bond motifs is 1. The number of anilines is 1. The molecule has 2 heterocycles. The molecule has 188 valence electrons. The number of carbonyl (C=O) groups is 1. The molecular formula is C28H28F3N3O2. The minimum Gasteiger partial charge on any atom is -0.406 e. The van der Waals surface area contributed by atoms with Crippen LogP contribution < -0.4 is 9.64 Å². The predicted octanol–water partition coefficient (Wildman–Crippen LogP) is 5.37. The maximum atomic E-state index is 13.1. The third-order valence-electron chi connectivity index (χ3n) is 6.78. The molecule has 1 fully saturated rings. The number of alkyl halides is 3. The average molecular weight is 496 g/mol. The van der Waals surface area contributed by atoms with Gasteiger partial charge in [0.15, 0.2) is 0 Å². The van der Waals surface area contributed by atoms with Gasteiger partial charge in [-0.15, -0.1) is 13.2 Å². The van der Waals surface area contributed by atoms with Gasteiger partial charge in [-0.3, -0.25) is 9.69 Å². The van der Waals surface area contributed by atoms with Crippen LogP contribution in [0.25, 0.3) is 0 Å². The number of rotatable bonds is 6. The fourth-order valence-corrected chi connectivity index (χ4v) is 5.04. The summed E-state index contributed by atoms with van der Waals surface area (Å²) in [5.41, 5.74) is 5.89. The predicted molar refractivity (Wildman–Crippen MR) is 132 cm³/mol. The second kappa shape index (κ2) is 9.85. The fraction of sp³-hybridized carbons (Fsp3) is 0.321. The van der Waals surface area contributed by atoms with Gasteiger partial charge in [0.05, 0.1) is 0 Å². The number of piperazine rings is 1. The third kappa shape index (κ3) is 5.49. The highest BCUT2D eigenvalue weighted by atomic mass is 19.4. The van der Waals surface area contributed by atoms with Gasteiger partial charge in [0.1, 0.15) is 5.75 Å². The summed E-state index contributed by atoms with van der Waals surface area (Å²) < 4.78 is 41.1. The van der Waals surface area contributed by atoms with Gasteiger partial charge in [-0.1, -0.05) is 42.5 Å². The van der Waals surface area contributed by atoms with Gasteiger partial charge < -0.3 is 14.5 Å². The Balaban J connectivity index is 1.22. The fourth-order valence-electron chi connectivity index (χ4n) is 5.04. The number of benzene rings is 3. The second-order valence-corrected chi connectivity index (χ2v) is 9.40. The van der Waals surface area contributed by atoms with E-state index in [1.54, 1.807) is 17.0 Å². The van der Waals surface area contributed by atoms with Gasteiger partial charge in [-0.2, -0.15) is 0 Å². The Hall–Kier alpha value is -3.52. The lowest BCUT2D eigenvalue weighted by molar-refractivity contribution is -0.274. The molecule has 0 saturated carbocycles. The number of carbonyl (C=O) groups excluding carboxylic acids is 1. The SMILES string of the molecule is Cc1cc(N2CCN(Cc3ccccc3)CC2)cc2c1C(=O)N(Cc1ccc(OC(F)(F)F)cc1)C2. The summed E-state index contributed by atoms with van der Waals surface area (Å²) in [6, 6.07) is 20.4. The molecule has 0 aromatic heterocycles. The number of halogens is 3. The Labute approximate surface area is 208 Å². The quantitative estimate of drug-likeness (QED) is 0.461. The molecule has 0 unspecified atom stereocenters. The van der Waals surface area contributed by atoms with E-state index in [9.17, 15) is 18.0 Å². The summed E-state index contributed by atoms with van der Waals surface area (Å²) in [7, 11) is 0. The zero-order chi connectivity index (χ0) is 25.3. The summed E-state index contributed by atoms with van der Waals surface area (Å²) in [4.78, 5) is 19.7. The summed E-state index contributed by atoms with van der Waals surface area (Å²) in [5, 5.41) is 0. The van der Waals surface area contributed by atoms with Gasteiger partial charge in [-0.25, -0.2) is 0 Å². The summed E-state index contributed by atoms with van der Waals surface area (Å²) in [6.07, 6.45) is -4.72. The van der Waals surface area contributed by atoms with E-state index in [1.807, 2.05) is 13.0 Å². The van der Waals surface area contributed by atoms with E-state index in [0.29, 0.717) is 13.1 Å². The average Bonchev–Trinajstić information content (AvgIpc) is 3.16. The normalized spacial score (nSPS) is 16.4. The Kier molecular flexibility index (Phi) is 6.62. The first-order chi connectivity index (χ1) is 17.2. The number of nitrogens with zero attached hydrogens (tertiary/aromatic N) is 3. The highest BCUT2D eigenvalue weighted by molar-refractivity contribution is 6.00. The lowest BCUT2D eigenvalue weighted by atomic mass is 10.0. The molecule has 2 aliphatic rings. The van der Waals surface area contributed by atoms with Crippen molar-refractivity contribution in [3.63, 3.8) is 0 Å². The minimum absolute atomic E-state index is 0.0441. The molecule has 5 nitrogen and oxygen atoms in total. The van der Waals surface area contributed by atoms with Crippen LogP contribution in [0, 0.1) is 6.92 Å². The smallest absolute Gasteiger partial charge is 0.406 e. The maximum absolute atomic E-state index is 13.1. The van der Waals surface area contributed by atoms with E-state index >= 15 is 0 Å². The molecule has 3 aromatic rings. The number of ether oxygens (including phenoxy) is 1. The number of amides is 1. The van der Waals surface area contributed by atoms with Gasteiger partial charge in [-0.05, 0) is 53.4 Å². The Morgan fingerprint density at radius 3 is 2.19 bits per heavy atom. The maximum Gasteiger partial charge on any atom is 0.573 e. The van der Waals surface area contributed by atoms with Crippen LogP contribution in [0.1, 0.15) is 32.6 Å². The standard InChI is InChI=1S/C28H28F3N3O2/c1-20-15-24(33-13-11-32(12-14-33)17-21-5-3-2-4-6-21)16-23-19-34(27(35)26(20)23)18-22-7-9-25(10-8-22)36-28(29,30)31/h2-10,15-16H,11-14,17-19H2,1H3. The summed E-state index contributed by atoms with van der Waals surface area (Å²) >= 11 is 0. The van der Waals surface area contributed by atoms with Crippen LogP contribution in [0.3, 0.4) is 0 Å². The molecule has 0 bridgehead atoms. The minimum atomic E-state index is -4.72. The van der Waals surface area contributed by atoms with Gasteiger partial charge in [0, 0.05) is 57.1 Å². The van der Waals surface area contributed by atoms with E-state index in [0.717, 1.165) is 60.7 Å². The van der Waals surface area contributed by atoms with Crippen LogP contribution in [0.15, 0.2) is 66.7 Å². The molecule has 0 atom stereocenters. The topological polar surface area (TPSA) is 36.0 Å². The number of hydrogen-bond acceptors (Lipinski definition) is 4. The van der Waals surface area contributed by atoms with Crippen LogP contribution >= 0.6 is 0 Å². The van der Waals surface area contributed by atoms with Crippen molar-refractivity contribution in [2.45, 2.75) is 32.9 Å². The molecule has 0 spiro atoms. The van der Waals surface area contributed by atoms with Crippen molar-refractivity contribution in [1.82, 2.24) is 9.80 Å². The monoisotopic (exact) mass is 495 g/mol. The number of aryl methyl sites for hydroxylation is 1. The van der Waals surface area contributed by atoms with E-state index in [1.165, 1.54) is 17.7 Å². The van der Waals surface area contributed by atoms with Crippen LogP contribution in [-0.2, 0) is 19.6 Å². The largest absolute Gasteiger partial charge is 0.573 e. The van der Waals surface area contributed by atoms with Crippen molar-refractivity contribution in [2.75, 3.05) is 31.1 Å². The van der Waals surface area contributed by atoms with Gasteiger partial charge >= 0.3 is 6.36 Å². The molecule has 3 aromatic carbocycles. The molecule has 1 amide bonds. The first-order valence-electron chi connectivity index (χ1n) is 12.0. The van der Waals surface area contributed by atoms with Crippen molar-refractivity contribution < 1.29 is 22.7 Å². The van der Waals surface area contributed by atoms with E-state index < -0.39 is 6.36 Å². The van der Waals surface area contributed by atoms with Crippen molar-refractivity contribution in [2.24, 2.45) is 0 Å².